The molecule has 25 heavy (non-hydrogen) atoms. The highest BCUT2D eigenvalue weighted by Crippen LogP contribution is 2.40. The van der Waals surface area contributed by atoms with Crippen LogP contribution in [0.2, 0.25) is 0 Å². The summed E-state index contributed by atoms with van der Waals surface area (Å²) in [6.45, 7) is 3.65. The zero-order chi connectivity index (χ0) is 17.6. The van der Waals surface area contributed by atoms with Crippen molar-refractivity contribution in [3.05, 3.63) is 35.9 Å². The monoisotopic (exact) mass is 358 g/mol. The first kappa shape index (κ1) is 16.5. The molecule has 132 valence electrons. The Bertz CT molecular complexity index is 945. The Labute approximate surface area is 148 Å². The molecule has 0 spiro atoms. The molecule has 0 atom stereocenters. The molecule has 0 aromatic heterocycles. The Morgan fingerprint density at radius 1 is 1.00 bits per heavy atom. The molecule has 2 aromatic rings. The van der Waals surface area contributed by atoms with E-state index in [1.165, 1.54) is 0 Å². The van der Waals surface area contributed by atoms with Crippen LogP contribution in [-0.2, 0) is 10.0 Å². The van der Waals surface area contributed by atoms with Crippen LogP contribution in [0, 0.1) is 0 Å². The molecule has 0 N–H and O–H groups in total. The molecule has 2 aliphatic rings. The number of benzene rings is 2. The average molecular weight is 358 g/mol. The Balaban J connectivity index is 1.90. The topological polar surface area (TPSA) is 57.7 Å². The van der Waals surface area contributed by atoms with E-state index in [1.54, 1.807) is 21.3 Å². The van der Waals surface area contributed by atoms with Crippen LogP contribution >= 0.6 is 0 Å². The van der Waals surface area contributed by atoms with E-state index in [9.17, 15) is 13.2 Å². The number of carbonyl (C=O) groups is 1. The molecule has 6 heteroatoms. The number of carbonyl (C=O) groups excluding carboxylic acids is 1. The van der Waals surface area contributed by atoms with E-state index in [4.69, 9.17) is 0 Å². The lowest BCUT2D eigenvalue weighted by Crippen LogP contribution is -2.32. The number of rotatable bonds is 3. The largest absolute Gasteiger partial charge is 0.308 e. The van der Waals surface area contributed by atoms with Crippen LogP contribution in [-0.4, -0.2) is 38.3 Å². The fraction of sp³-hybridized carbons (Fsp3) is 0.421. The SMILES string of the molecule is CCN1C(=O)c2ccc(S(=O)(=O)N3CCCCCC3)c3cccc1c23. The van der Waals surface area contributed by atoms with Crippen molar-refractivity contribution in [3.63, 3.8) is 0 Å². The minimum absolute atomic E-state index is 0.0487. The lowest BCUT2D eigenvalue weighted by atomic mass is 10.1. The fourth-order valence-corrected chi connectivity index (χ4v) is 5.68. The summed E-state index contributed by atoms with van der Waals surface area (Å²) in [5, 5.41) is 1.42. The summed E-state index contributed by atoms with van der Waals surface area (Å²) in [6.07, 6.45) is 3.97. The maximum atomic E-state index is 13.3. The fourth-order valence-electron chi connectivity index (χ4n) is 3.98. The van der Waals surface area contributed by atoms with Crippen LogP contribution in [0.25, 0.3) is 10.8 Å². The van der Waals surface area contributed by atoms with Gasteiger partial charge in [-0.2, -0.15) is 4.31 Å². The number of sulfonamides is 1. The van der Waals surface area contributed by atoms with Crippen molar-refractivity contribution >= 4 is 32.4 Å². The second-order valence-corrected chi connectivity index (χ2v) is 8.59. The van der Waals surface area contributed by atoms with Crippen molar-refractivity contribution < 1.29 is 13.2 Å². The average Bonchev–Trinajstić information content (AvgIpc) is 2.80. The first-order chi connectivity index (χ1) is 12.1. The molecule has 1 amide bonds. The molecule has 0 unspecified atom stereocenters. The van der Waals surface area contributed by atoms with Crippen LogP contribution in [0.5, 0.6) is 0 Å². The molecule has 1 fully saturated rings. The zero-order valence-electron chi connectivity index (χ0n) is 14.4. The smallest absolute Gasteiger partial charge is 0.258 e. The van der Waals surface area contributed by atoms with Gasteiger partial charge in [0.05, 0.1) is 10.6 Å². The van der Waals surface area contributed by atoms with Gasteiger partial charge in [-0.1, -0.05) is 25.0 Å². The summed E-state index contributed by atoms with van der Waals surface area (Å²) >= 11 is 0. The van der Waals surface area contributed by atoms with E-state index in [1.807, 2.05) is 25.1 Å². The molecule has 0 saturated carbocycles. The van der Waals surface area contributed by atoms with Gasteiger partial charge in [-0.25, -0.2) is 8.42 Å². The summed E-state index contributed by atoms with van der Waals surface area (Å²) in [5.74, 6) is -0.0487. The van der Waals surface area contributed by atoms with Crippen molar-refractivity contribution in [1.29, 1.82) is 0 Å². The highest BCUT2D eigenvalue weighted by atomic mass is 32.2. The third kappa shape index (κ3) is 2.47. The van der Waals surface area contributed by atoms with Gasteiger partial charge in [0.25, 0.3) is 5.91 Å². The van der Waals surface area contributed by atoms with Crippen molar-refractivity contribution in [1.82, 2.24) is 4.31 Å². The van der Waals surface area contributed by atoms with Gasteiger partial charge in [0.2, 0.25) is 10.0 Å². The maximum Gasteiger partial charge on any atom is 0.258 e. The first-order valence-corrected chi connectivity index (χ1v) is 10.4. The van der Waals surface area contributed by atoms with Crippen molar-refractivity contribution in [2.45, 2.75) is 37.5 Å². The van der Waals surface area contributed by atoms with Crippen LogP contribution in [0.4, 0.5) is 5.69 Å². The Kier molecular flexibility index (Phi) is 4.04. The van der Waals surface area contributed by atoms with Gasteiger partial charge < -0.3 is 4.90 Å². The molecule has 0 aliphatic carbocycles. The van der Waals surface area contributed by atoms with Gasteiger partial charge in [-0.15, -0.1) is 0 Å². The van der Waals surface area contributed by atoms with Gasteiger partial charge in [0.15, 0.2) is 0 Å². The summed E-state index contributed by atoms with van der Waals surface area (Å²) in [5.41, 5.74) is 1.41. The third-order valence-electron chi connectivity index (χ3n) is 5.24. The summed E-state index contributed by atoms with van der Waals surface area (Å²) in [4.78, 5) is 14.6. The molecule has 5 nitrogen and oxygen atoms in total. The molecule has 0 radical (unpaired) electrons. The van der Waals surface area contributed by atoms with E-state index in [2.05, 4.69) is 0 Å². The Hall–Kier alpha value is -1.92. The zero-order valence-corrected chi connectivity index (χ0v) is 15.2. The molecule has 0 bridgehead atoms. The molecule has 2 heterocycles. The predicted molar refractivity (Wildman–Crippen MR) is 98.5 cm³/mol. The van der Waals surface area contributed by atoms with Gasteiger partial charge >= 0.3 is 0 Å². The van der Waals surface area contributed by atoms with E-state index >= 15 is 0 Å². The van der Waals surface area contributed by atoms with E-state index in [-0.39, 0.29) is 5.91 Å². The molecule has 2 aromatic carbocycles. The number of hydrogen-bond acceptors (Lipinski definition) is 3. The van der Waals surface area contributed by atoms with Crippen molar-refractivity contribution in [3.8, 4) is 0 Å². The number of nitrogens with zero attached hydrogens (tertiary/aromatic N) is 2. The van der Waals surface area contributed by atoms with Crippen LogP contribution in [0.3, 0.4) is 0 Å². The lowest BCUT2D eigenvalue weighted by molar-refractivity contribution is 0.0994. The van der Waals surface area contributed by atoms with Gasteiger partial charge in [0, 0.05) is 36.0 Å². The van der Waals surface area contributed by atoms with Gasteiger partial charge in [-0.3, -0.25) is 4.79 Å². The number of hydrogen-bond donors (Lipinski definition) is 0. The molecule has 1 saturated heterocycles. The lowest BCUT2D eigenvalue weighted by Gasteiger charge is -2.21. The summed E-state index contributed by atoms with van der Waals surface area (Å²) in [7, 11) is -3.56. The van der Waals surface area contributed by atoms with Crippen LogP contribution in [0.15, 0.2) is 35.2 Å². The van der Waals surface area contributed by atoms with E-state index in [0.29, 0.717) is 35.5 Å². The minimum Gasteiger partial charge on any atom is -0.308 e. The number of anilines is 1. The second-order valence-electron chi connectivity index (χ2n) is 6.68. The third-order valence-corrected chi connectivity index (χ3v) is 7.20. The van der Waals surface area contributed by atoms with E-state index < -0.39 is 10.0 Å². The normalized spacial score (nSPS) is 18.8. The van der Waals surface area contributed by atoms with Gasteiger partial charge in [-0.05, 0) is 38.0 Å². The Morgan fingerprint density at radius 3 is 2.40 bits per heavy atom. The minimum atomic E-state index is -3.56. The highest BCUT2D eigenvalue weighted by Gasteiger charge is 2.33. The standard InChI is InChI=1S/C19H22N2O3S/c1-2-21-16-9-7-8-14-17(11-10-15(18(14)16)19(21)22)25(23,24)20-12-5-3-4-6-13-20/h7-11H,2-6,12-13H2,1H3. The maximum absolute atomic E-state index is 13.3. The quantitative estimate of drug-likeness (QED) is 0.845. The summed E-state index contributed by atoms with van der Waals surface area (Å²) in [6, 6.07) is 8.83. The van der Waals surface area contributed by atoms with Gasteiger partial charge in [0.1, 0.15) is 0 Å². The van der Waals surface area contributed by atoms with Crippen LogP contribution in [0.1, 0.15) is 43.0 Å². The van der Waals surface area contributed by atoms with Crippen molar-refractivity contribution in [2.24, 2.45) is 0 Å². The van der Waals surface area contributed by atoms with E-state index in [0.717, 1.165) is 36.8 Å². The van der Waals surface area contributed by atoms with Crippen molar-refractivity contribution in [2.75, 3.05) is 24.5 Å². The molecule has 4 rings (SSSR count). The molecular weight excluding hydrogens is 336 g/mol. The first-order valence-electron chi connectivity index (χ1n) is 8.93. The predicted octanol–water partition coefficient (Wildman–Crippen LogP) is 3.38. The number of amides is 1. The van der Waals surface area contributed by atoms with Crippen LogP contribution < -0.4 is 4.90 Å². The molecular formula is C19H22N2O3S. The second kappa shape index (κ2) is 6.11. The highest BCUT2D eigenvalue weighted by molar-refractivity contribution is 7.89. The Morgan fingerprint density at radius 2 is 1.72 bits per heavy atom. The molecule has 2 aliphatic heterocycles. The summed E-state index contributed by atoms with van der Waals surface area (Å²) < 4.78 is 28.1.